The molecule has 0 saturated heterocycles. The maximum atomic E-state index is 8.93. The van der Waals surface area contributed by atoms with E-state index in [4.69, 9.17) is 10.5 Å². The number of hydrogen-bond acceptors (Lipinski definition) is 4. The van der Waals surface area contributed by atoms with Gasteiger partial charge in [0.25, 0.3) is 0 Å². The molecule has 0 fully saturated rings. The van der Waals surface area contributed by atoms with Crippen molar-refractivity contribution in [3.05, 3.63) is 83.4 Å². The van der Waals surface area contributed by atoms with Crippen LogP contribution < -0.4 is 0 Å². The summed E-state index contributed by atoms with van der Waals surface area (Å²) < 4.78 is 1.81. The van der Waals surface area contributed by atoms with E-state index in [9.17, 15) is 0 Å². The highest BCUT2D eigenvalue weighted by atomic mass is 15.3. The maximum absolute atomic E-state index is 8.93. The van der Waals surface area contributed by atoms with Gasteiger partial charge in [0.2, 0.25) is 0 Å². The predicted molar refractivity (Wildman–Crippen MR) is 84.2 cm³/mol. The summed E-state index contributed by atoms with van der Waals surface area (Å²) >= 11 is 0. The van der Waals surface area contributed by atoms with Crippen molar-refractivity contribution in [3.63, 3.8) is 0 Å². The lowest BCUT2D eigenvalue weighted by atomic mass is 9.97. The van der Waals surface area contributed by atoms with Crippen molar-refractivity contribution in [2.24, 2.45) is 0 Å². The molecule has 1 unspecified atom stereocenters. The van der Waals surface area contributed by atoms with Crippen molar-refractivity contribution in [1.29, 1.82) is 10.5 Å². The molecule has 1 heterocycles. The first-order valence-electron chi connectivity index (χ1n) is 7.13. The summed E-state index contributed by atoms with van der Waals surface area (Å²) in [5, 5.41) is 22.1. The van der Waals surface area contributed by atoms with Crippen LogP contribution in [-0.4, -0.2) is 14.8 Å². The summed E-state index contributed by atoms with van der Waals surface area (Å²) in [5.74, 6) is 0. The molecule has 3 aromatic rings. The van der Waals surface area contributed by atoms with Crippen LogP contribution in [0.25, 0.3) is 0 Å². The number of nitriles is 2. The van der Waals surface area contributed by atoms with Crippen LogP contribution in [0.15, 0.2) is 61.2 Å². The second-order valence-corrected chi connectivity index (χ2v) is 5.14. The maximum Gasteiger partial charge on any atom is 0.137 e. The zero-order chi connectivity index (χ0) is 16.1. The number of nitrogens with zero attached hydrogens (tertiary/aromatic N) is 5. The average Bonchev–Trinajstić information content (AvgIpc) is 3.15. The van der Waals surface area contributed by atoms with E-state index in [1.54, 1.807) is 23.1 Å². The Bertz CT molecular complexity index is 850. The third-order valence-electron chi connectivity index (χ3n) is 3.69. The Hall–Kier alpha value is -3.44. The summed E-state index contributed by atoms with van der Waals surface area (Å²) in [6, 6.07) is 19.2. The van der Waals surface area contributed by atoms with Crippen LogP contribution in [0.1, 0.15) is 28.3 Å². The van der Waals surface area contributed by atoms with E-state index >= 15 is 0 Å². The molecule has 0 N–H and O–H groups in total. The Balaban J connectivity index is 1.92. The smallest absolute Gasteiger partial charge is 0.137 e. The standard InChI is InChI=1S/C18H13N5/c19-10-15-3-1-14(2-4-15)9-18(23-13-21-12-22-23)17-7-5-16(11-20)6-8-17/h1-8,12-13,18H,9H2. The van der Waals surface area contributed by atoms with Crippen LogP contribution in [0, 0.1) is 22.7 Å². The lowest BCUT2D eigenvalue weighted by Gasteiger charge is -2.18. The van der Waals surface area contributed by atoms with Crippen molar-refractivity contribution in [2.45, 2.75) is 12.5 Å². The molecule has 5 heteroatoms. The predicted octanol–water partition coefficient (Wildman–Crippen LogP) is 2.85. The molecule has 0 aliphatic heterocycles. The Morgan fingerprint density at radius 1 is 0.913 bits per heavy atom. The Morgan fingerprint density at radius 3 is 2.04 bits per heavy atom. The minimum absolute atomic E-state index is 0.0156. The molecule has 1 atom stereocenters. The van der Waals surface area contributed by atoms with Gasteiger partial charge in [0.05, 0.1) is 29.3 Å². The second-order valence-electron chi connectivity index (χ2n) is 5.14. The molecule has 0 saturated carbocycles. The highest BCUT2D eigenvalue weighted by Gasteiger charge is 2.15. The summed E-state index contributed by atoms with van der Waals surface area (Å²) in [4.78, 5) is 4.03. The third kappa shape index (κ3) is 3.25. The molecule has 0 spiro atoms. The molecular weight excluding hydrogens is 286 g/mol. The Morgan fingerprint density at radius 2 is 1.52 bits per heavy atom. The summed E-state index contributed by atoms with van der Waals surface area (Å²) in [5.41, 5.74) is 3.43. The van der Waals surface area contributed by atoms with Gasteiger partial charge in [-0.1, -0.05) is 24.3 Å². The molecule has 1 aromatic heterocycles. The van der Waals surface area contributed by atoms with Crippen molar-refractivity contribution in [2.75, 3.05) is 0 Å². The number of aromatic nitrogens is 3. The van der Waals surface area contributed by atoms with Crippen LogP contribution in [0.5, 0.6) is 0 Å². The number of benzene rings is 2. The van der Waals surface area contributed by atoms with Gasteiger partial charge in [0, 0.05) is 0 Å². The Kier molecular flexibility index (Phi) is 4.13. The summed E-state index contributed by atoms with van der Waals surface area (Å²) in [6.07, 6.45) is 3.92. The lowest BCUT2D eigenvalue weighted by molar-refractivity contribution is 0.519. The van der Waals surface area contributed by atoms with Gasteiger partial charge in [0.15, 0.2) is 0 Å². The molecule has 0 amide bonds. The van der Waals surface area contributed by atoms with E-state index in [0.717, 1.165) is 17.5 Å². The molecule has 0 bridgehead atoms. The van der Waals surface area contributed by atoms with Crippen LogP contribution in [0.4, 0.5) is 0 Å². The first-order valence-corrected chi connectivity index (χ1v) is 7.13. The monoisotopic (exact) mass is 299 g/mol. The van der Waals surface area contributed by atoms with Gasteiger partial charge in [0.1, 0.15) is 12.7 Å². The van der Waals surface area contributed by atoms with Crippen molar-refractivity contribution in [3.8, 4) is 12.1 Å². The topological polar surface area (TPSA) is 78.3 Å². The van der Waals surface area contributed by atoms with Crippen molar-refractivity contribution in [1.82, 2.24) is 14.8 Å². The highest BCUT2D eigenvalue weighted by Crippen LogP contribution is 2.23. The fourth-order valence-corrected chi connectivity index (χ4v) is 2.46. The van der Waals surface area contributed by atoms with Gasteiger partial charge in [-0.05, 0) is 41.8 Å². The lowest BCUT2D eigenvalue weighted by Crippen LogP contribution is -2.14. The van der Waals surface area contributed by atoms with Crippen LogP contribution >= 0.6 is 0 Å². The molecule has 23 heavy (non-hydrogen) atoms. The van der Waals surface area contributed by atoms with Crippen molar-refractivity contribution < 1.29 is 0 Å². The molecule has 0 aliphatic carbocycles. The molecule has 2 aromatic carbocycles. The summed E-state index contributed by atoms with van der Waals surface area (Å²) in [6.45, 7) is 0. The van der Waals surface area contributed by atoms with E-state index in [1.165, 1.54) is 6.33 Å². The van der Waals surface area contributed by atoms with Gasteiger partial charge < -0.3 is 0 Å². The van der Waals surface area contributed by atoms with E-state index in [0.29, 0.717) is 11.1 Å². The largest absolute Gasteiger partial charge is 0.245 e. The van der Waals surface area contributed by atoms with E-state index in [1.807, 2.05) is 36.4 Å². The molecular formula is C18H13N5. The zero-order valence-corrected chi connectivity index (χ0v) is 12.3. The van der Waals surface area contributed by atoms with Gasteiger partial charge in [-0.15, -0.1) is 0 Å². The van der Waals surface area contributed by atoms with Gasteiger partial charge in [-0.25, -0.2) is 9.67 Å². The fraction of sp³-hybridized carbons (Fsp3) is 0.111. The van der Waals surface area contributed by atoms with E-state index < -0.39 is 0 Å². The normalized spacial score (nSPS) is 11.4. The first kappa shape index (κ1) is 14.5. The molecule has 0 aliphatic rings. The third-order valence-corrected chi connectivity index (χ3v) is 3.69. The zero-order valence-electron chi connectivity index (χ0n) is 12.3. The van der Waals surface area contributed by atoms with E-state index in [2.05, 4.69) is 22.2 Å². The van der Waals surface area contributed by atoms with Gasteiger partial charge >= 0.3 is 0 Å². The fourth-order valence-electron chi connectivity index (χ4n) is 2.46. The highest BCUT2D eigenvalue weighted by molar-refractivity contribution is 5.35. The number of rotatable bonds is 4. The SMILES string of the molecule is N#Cc1ccc(CC(c2ccc(C#N)cc2)n2cncn2)cc1. The molecule has 110 valence electrons. The molecule has 5 nitrogen and oxygen atoms in total. The number of hydrogen-bond donors (Lipinski definition) is 0. The second kappa shape index (κ2) is 6.55. The minimum atomic E-state index is -0.0156. The first-order chi connectivity index (χ1) is 11.3. The van der Waals surface area contributed by atoms with Crippen LogP contribution in [0.3, 0.4) is 0 Å². The quantitative estimate of drug-likeness (QED) is 0.742. The molecule has 0 radical (unpaired) electrons. The van der Waals surface area contributed by atoms with Crippen LogP contribution in [-0.2, 0) is 6.42 Å². The van der Waals surface area contributed by atoms with Gasteiger partial charge in [-0.2, -0.15) is 15.6 Å². The molecule has 3 rings (SSSR count). The Labute approximate surface area is 134 Å². The summed E-state index contributed by atoms with van der Waals surface area (Å²) in [7, 11) is 0. The minimum Gasteiger partial charge on any atom is -0.245 e. The van der Waals surface area contributed by atoms with E-state index in [-0.39, 0.29) is 6.04 Å². The van der Waals surface area contributed by atoms with Crippen molar-refractivity contribution >= 4 is 0 Å². The van der Waals surface area contributed by atoms with Crippen LogP contribution in [0.2, 0.25) is 0 Å². The van der Waals surface area contributed by atoms with Gasteiger partial charge in [-0.3, -0.25) is 0 Å². The average molecular weight is 299 g/mol.